The van der Waals surface area contributed by atoms with Crippen molar-refractivity contribution in [3.63, 3.8) is 0 Å². The largest absolute Gasteiger partial charge is 0.497 e. The van der Waals surface area contributed by atoms with Gasteiger partial charge in [0.05, 0.1) is 7.11 Å². The van der Waals surface area contributed by atoms with E-state index in [4.69, 9.17) is 9.26 Å². The van der Waals surface area contributed by atoms with Gasteiger partial charge in [-0.05, 0) is 62.3 Å². The molecule has 2 aliphatic rings. The van der Waals surface area contributed by atoms with Gasteiger partial charge in [0.15, 0.2) is 0 Å². The monoisotopic (exact) mass is 426 g/mol. The summed E-state index contributed by atoms with van der Waals surface area (Å²) in [5.74, 6) is 2.95. The van der Waals surface area contributed by atoms with Crippen molar-refractivity contribution in [2.24, 2.45) is 5.92 Å². The summed E-state index contributed by atoms with van der Waals surface area (Å²) in [6.45, 7) is 3.47. The van der Waals surface area contributed by atoms with E-state index in [9.17, 15) is 4.79 Å². The fourth-order valence-corrected chi connectivity index (χ4v) is 4.73. The maximum atomic E-state index is 12.3. The van der Waals surface area contributed by atoms with Crippen LogP contribution in [-0.4, -0.2) is 53.7 Å². The number of nitrogens with zero attached hydrogens (tertiary/aromatic N) is 3. The van der Waals surface area contributed by atoms with Gasteiger partial charge >= 0.3 is 0 Å². The third kappa shape index (κ3) is 6.29. The molecule has 0 atom stereocenters. The van der Waals surface area contributed by atoms with E-state index in [1.807, 2.05) is 24.3 Å². The number of carbonyl (C=O) groups excluding carboxylic acids is 1. The minimum absolute atomic E-state index is 0.129. The standard InChI is InChI=1S/C24H34N4O3/c1-30-21-11-9-19(10-12-21)24-26-23(31-27-24)8-4-7-22(29)25-20-13-15-28(16-14-20)17-18-5-2-3-6-18/h9-12,18,20H,2-8,13-17H2,1H3,(H,25,29). The minimum Gasteiger partial charge on any atom is -0.497 e. The lowest BCUT2D eigenvalue weighted by atomic mass is 10.0. The Morgan fingerprint density at radius 1 is 1.16 bits per heavy atom. The smallest absolute Gasteiger partial charge is 0.226 e. The molecule has 2 heterocycles. The summed E-state index contributed by atoms with van der Waals surface area (Å²) in [6, 6.07) is 7.86. The molecule has 0 unspecified atom stereocenters. The normalized spacial score (nSPS) is 18.4. The van der Waals surface area contributed by atoms with Crippen LogP contribution in [0, 0.1) is 5.92 Å². The summed E-state index contributed by atoms with van der Waals surface area (Å²) in [7, 11) is 1.64. The summed E-state index contributed by atoms with van der Waals surface area (Å²) in [4.78, 5) is 19.4. The van der Waals surface area contributed by atoms with Gasteiger partial charge in [-0.25, -0.2) is 0 Å². The van der Waals surface area contributed by atoms with E-state index in [1.165, 1.54) is 32.2 Å². The van der Waals surface area contributed by atoms with Crippen molar-refractivity contribution < 1.29 is 14.1 Å². The molecule has 7 heteroatoms. The highest BCUT2D eigenvalue weighted by Gasteiger charge is 2.24. The van der Waals surface area contributed by atoms with Crippen molar-refractivity contribution in [3.05, 3.63) is 30.2 Å². The molecule has 1 aromatic carbocycles. The van der Waals surface area contributed by atoms with Gasteiger partial charge in [-0.2, -0.15) is 4.98 Å². The molecule has 1 saturated carbocycles. The Labute approximate surface area is 184 Å². The van der Waals surface area contributed by atoms with Gasteiger partial charge in [-0.3, -0.25) is 4.79 Å². The van der Waals surface area contributed by atoms with E-state index in [-0.39, 0.29) is 5.91 Å². The van der Waals surface area contributed by atoms with Gasteiger partial charge in [0, 0.05) is 44.1 Å². The number of hydrogen-bond acceptors (Lipinski definition) is 6. The molecule has 1 N–H and O–H groups in total. The summed E-state index contributed by atoms with van der Waals surface area (Å²) in [6.07, 6.45) is 9.54. The molecule has 1 aromatic heterocycles. The lowest BCUT2D eigenvalue weighted by Gasteiger charge is -2.33. The lowest BCUT2D eigenvalue weighted by Crippen LogP contribution is -2.45. The van der Waals surface area contributed by atoms with E-state index in [1.54, 1.807) is 7.11 Å². The van der Waals surface area contributed by atoms with Crippen LogP contribution in [0.15, 0.2) is 28.8 Å². The molecule has 1 amide bonds. The maximum absolute atomic E-state index is 12.3. The van der Waals surface area contributed by atoms with Gasteiger partial charge in [-0.1, -0.05) is 18.0 Å². The molecule has 2 fully saturated rings. The molecule has 0 bridgehead atoms. The number of hydrogen-bond donors (Lipinski definition) is 1. The zero-order chi connectivity index (χ0) is 21.5. The number of amides is 1. The van der Waals surface area contributed by atoms with Crippen LogP contribution in [-0.2, 0) is 11.2 Å². The number of nitrogens with one attached hydrogen (secondary N) is 1. The fourth-order valence-electron chi connectivity index (χ4n) is 4.73. The van der Waals surface area contributed by atoms with Crippen molar-refractivity contribution in [2.75, 3.05) is 26.7 Å². The highest BCUT2D eigenvalue weighted by molar-refractivity contribution is 5.76. The molecule has 7 nitrogen and oxygen atoms in total. The van der Waals surface area contributed by atoms with Crippen LogP contribution in [0.4, 0.5) is 0 Å². The van der Waals surface area contributed by atoms with Crippen LogP contribution in [0.25, 0.3) is 11.4 Å². The van der Waals surface area contributed by atoms with E-state index in [0.717, 1.165) is 43.2 Å². The first-order valence-corrected chi connectivity index (χ1v) is 11.7. The number of benzene rings is 1. The summed E-state index contributed by atoms with van der Waals surface area (Å²) in [5, 5.41) is 7.26. The predicted molar refractivity (Wildman–Crippen MR) is 119 cm³/mol. The van der Waals surface area contributed by atoms with Crippen LogP contribution in [0.5, 0.6) is 5.75 Å². The Kier molecular flexibility index (Phi) is 7.57. The first-order valence-electron chi connectivity index (χ1n) is 11.7. The number of piperidine rings is 1. The van der Waals surface area contributed by atoms with Crippen molar-refractivity contribution in [1.29, 1.82) is 0 Å². The average molecular weight is 427 g/mol. The summed E-state index contributed by atoms with van der Waals surface area (Å²) < 4.78 is 10.5. The molecule has 0 radical (unpaired) electrons. The van der Waals surface area contributed by atoms with Gasteiger partial charge < -0.3 is 19.5 Å². The Morgan fingerprint density at radius 3 is 2.61 bits per heavy atom. The molecule has 2 aromatic rings. The lowest BCUT2D eigenvalue weighted by molar-refractivity contribution is -0.122. The molecule has 0 spiro atoms. The minimum atomic E-state index is 0.129. The Hall–Kier alpha value is -2.41. The highest BCUT2D eigenvalue weighted by atomic mass is 16.5. The van der Waals surface area contributed by atoms with Crippen LogP contribution < -0.4 is 10.1 Å². The maximum Gasteiger partial charge on any atom is 0.226 e. The SMILES string of the molecule is COc1ccc(-c2noc(CCCC(=O)NC3CCN(CC4CCCC4)CC3)n2)cc1. The number of methoxy groups -OCH3 is 1. The second-order valence-corrected chi connectivity index (χ2v) is 8.89. The van der Waals surface area contributed by atoms with E-state index < -0.39 is 0 Å². The molecule has 1 aliphatic carbocycles. The topological polar surface area (TPSA) is 80.5 Å². The second kappa shape index (κ2) is 10.8. The van der Waals surface area contributed by atoms with Crippen LogP contribution >= 0.6 is 0 Å². The molecular formula is C24H34N4O3. The van der Waals surface area contributed by atoms with Crippen molar-refractivity contribution in [2.45, 2.75) is 63.8 Å². The Morgan fingerprint density at radius 2 is 1.90 bits per heavy atom. The summed E-state index contributed by atoms with van der Waals surface area (Å²) in [5.41, 5.74) is 0.882. The number of aryl methyl sites for hydroxylation is 1. The first kappa shape index (κ1) is 21.8. The van der Waals surface area contributed by atoms with Gasteiger partial charge in [-0.15, -0.1) is 0 Å². The Balaban J connectivity index is 1.13. The fraction of sp³-hybridized carbons (Fsp3) is 0.625. The van der Waals surface area contributed by atoms with Crippen LogP contribution in [0.3, 0.4) is 0 Å². The zero-order valence-corrected chi connectivity index (χ0v) is 18.5. The van der Waals surface area contributed by atoms with Crippen LogP contribution in [0.2, 0.25) is 0 Å². The first-order chi connectivity index (χ1) is 15.2. The molecule has 4 rings (SSSR count). The van der Waals surface area contributed by atoms with Gasteiger partial charge in [0.1, 0.15) is 5.75 Å². The third-order valence-corrected chi connectivity index (χ3v) is 6.55. The van der Waals surface area contributed by atoms with Crippen molar-refractivity contribution >= 4 is 5.91 Å². The third-order valence-electron chi connectivity index (χ3n) is 6.55. The predicted octanol–water partition coefficient (Wildman–Crippen LogP) is 3.84. The quantitative estimate of drug-likeness (QED) is 0.656. The van der Waals surface area contributed by atoms with Crippen molar-refractivity contribution in [1.82, 2.24) is 20.4 Å². The van der Waals surface area contributed by atoms with Crippen molar-refractivity contribution in [3.8, 4) is 17.1 Å². The number of ether oxygens (including phenoxy) is 1. The molecule has 1 saturated heterocycles. The zero-order valence-electron chi connectivity index (χ0n) is 18.5. The molecular weight excluding hydrogens is 392 g/mol. The molecule has 168 valence electrons. The number of rotatable bonds is 9. The number of likely N-dealkylation sites (tertiary alicyclic amines) is 1. The van der Waals surface area contributed by atoms with E-state index in [2.05, 4.69) is 20.4 Å². The van der Waals surface area contributed by atoms with Gasteiger partial charge in [0.25, 0.3) is 0 Å². The summed E-state index contributed by atoms with van der Waals surface area (Å²) >= 11 is 0. The Bertz CT molecular complexity index is 822. The highest BCUT2D eigenvalue weighted by Crippen LogP contribution is 2.26. The van der Waals surface area contributed by atoms with E-state index in [0.29, 0.717) is 37.0 Å². The number of aromatic nitrogens is 2. The average Bonchev–Trinajstić information content (AvgIpc) is 3.48. The van der Waals surface area contributed by atoms with E-state index >= 15 is 0 Å². The molecule has 1 aliphatic heterocycles. The molecule has 31 heavy (non-hydrogen) atoms. The second-order valence-electron chi connectivity index (χ2n) is 8.89. The number of carbonyl (C=O) groups is 1. The van der Waals surface area contributed by atoms with Crippen LogP contribution in [0.1, 0.15) is 57.3 Å². The van der Waals surface area contributed by atoms with Gasteiger partial charge in [0.2, 0.25) is 17.6 Å².